The molecule has 0 saturated carbocycles. The lowest BCUT2D eigenvalue weighted by atomic mass is 10.1. The van der Waals surface area contributed by atoms with E-state index in [-0.39, 0.29) is 12.4 Å². The molecule has 0 aliphatic carbocycles. The molecule has 18 heavy (non-hydrogen) atoms. The molecular formula is C10H15F3N4O. The van der Waals surface area contributed by atoms with Gasteiger partial charge >= 0.3 is 6.18 Å². The number of alkyl halides is 3. The first kappa shape index (κ1) is 14.5. The van der Waals surface area contributed by atoms with Crippen LogP contribution in [0.2, 0.25) is 0 Å². The largest absolute Gasteiger partial charge is 0.401 e. The molecule has 0 aliphatic heterocycles. The van der Waals surface area contributed by atoms with Gasteiger partial charge in [0.05, 0.1) is 12.1 Å². The third-order valence-electron chi connectivity index (χ3n) is 2.40. The molecule has 0 unspecified atom stereocenters. The SMILES string of the molecule is CC(C)(CNCC(F)(F)F)n1ccnc1C(N)=O. The molecule has 0 bridgehead atoms. The van der Waals surface area contributed by atoms with E-state index in [0.29, 0.717) is 0 Å². The maximum absolute atomic E-state index is 12.0. The van der Waals surface area contributed by atoms with Crippen molar-refractivity contribution in [3.05, 3.63) is 18.2 Å². The van der Waals surface area contributed by atoms with Gasteiger partial charge < -0.3 is 15.6 Å². The molecule has 102 valence electrons. The molecule has 1 aromatic heterocycles. The second-order valence-corrected chi connectivity index (χ2v) is 4.52. The van der Waals surface area contributed by atoms with Gasteiger partial charge in [-0.15, -0.1) is 0 Å². The molecule has 0 aromatic carbocycles. The van der Waals surface area contributed by atoms with Gasteiger partial charge in [-0.25, -0.2) is 4.98 Å². The Bertz CT molecular complexity index is 425. The molecule has 0 spiro atoms. The van der Waals surface area contributed by atoms with Crippen LogP contribution in [0.1, 0.15) is 24.5 Å². The van der Waals surface area contributed by atoms with Crippen molar-refractivity contribution in [1.82, 2.24) is 14.9 Å². The summed E-state index contributed by atoms with van der Waals surface area (Å²) in [4.78, 5) is 14.9. The Morgan fingerprint density at radius 2 is 2.06 bits per heavy atom. The maximum Gasteiger partial charge on any atom is 0.401 e. The Balaban J connectivity index is 2.74. The van der Waals surface area contributed by atoms with Crippen LogP contribution in [0.5, 0.6) is 0 Å². The van der Waals surface area contributed by atoms with Crippen molar-refractivity contribution < 1.29 is 18.0 Å². The van der Waals surface area contributed by atoms with Crippen molar-refractivity contribution in [3.63, 3.8) is 0 Å². The van der Waals surface area contributed by atoms with Crippen molar-refractivity contribution in [3.8, 4) is 0 Å². The van der Waals surface area contributed by atoms with Crippen LogP contribution in [0.3, 0.4) is 0 Å². The molecular weight excluding hydrogens is 249 g/mol. The highest BCUT2D eigenvalue weighted by Gasteiger charge is 2.29. The zero-order chi connectivity index (χ0) is 14.0. The van der Waals surface area contributed by atoms with Gasteiger partial charge in [0.15, 0.2) is 5.82 Å². The van der Waals surface area contributed by atoms with Gasteiger partial charge in [-0.05, 0) is 13.8 Å². The number of rotatable bonds is 5. The number of nitrogens with zero attached hydrogens (tertiary/aromatic N) is 2. The fraction of sp³-hybridized carbons (Fsp3) is 0.600. The molecule has 0 aliphatic rings. The number of amides is 1. The van der Waals surface area contributed by atoms with Crippen molar-refractivity contribution in [2.75, 3.05) is 13.1 Å². The number of imidazole rings is 1. The number of halogens is 3. The Hall–Kier alpha value is -1.57. The summed E-state index contributed by atoms with van der Waals surface area (Å²) in [5.41, 5.74) is 4.39. The zero-order valence-corrected chi connectivity index (χ0v) is 10.1. The Morgan fingerprint density at radius 1 is 1.44 bits per heavy atom. The van der Waals surface area contributed by atoms with Crippen molar-refractivity contribution in [2.45, 2.75) is 25.6 Å². The second kappa shape index (κ2) is 4.97. The van der Waals surface area contributed by atoms with Crippen LogP contribution in [0.15, 0.2) is 12.4 Å². The van der Waals surface area contributed by atoms with Gasteiger partial charge in [-0.1, -0.05) is 0 Å². The molecule has 3 N–H and O–H groups in total. The van der Waals surface area contributed by atoms with Gasteiger partial charge in [0.25, 0.3) is 5.91 Å². The predicted molar refractivity (Wildman–Crippen MR) is 59.0 cm³/mol. The normalized spacial score (nSPS) is 12.7. The van der Waals surface area contributed by atoms with Gasteiger partial charge in [0.2, 0.25) is 0 Å². The Kier molecular flexibility index (Phi) is 4.00. The Morgan fingerprint density at radius 3 is 2.56 bits per heavy atom. The number of carbonyl (C=O) groups excluding carboxylic acids is 1. The molecule has 5 nitrogen and oxygen atoms in total. The van der Waals surface area contributed by atoms with Crippen LogP contribution in [-0.4, -0.2) is 34.7 Å². The second-order valence-electron chi connectivity index (χ2n) is 4.52. The zero-order valence-electron chi connectivity index (χ0n) is 10.1. The van der Waals surface area contributed by atoms with Gasteiger partial charge in [-0.3, -0.25) is 4.79 Å². The van der Waals surface area contributed by atoms with Gasteiger partial charge in [0, 0.05) is 18.9 Å². The van der Waals surface area contributed by atoms with E-state index < -0.39 is 24.2 Å². The third-order valence-corrected chi connectivity index (χ3v) is 2.40. The summed E-state index contributed by atoms with van der Waals surface area (Å²) < 4.78 is 37.5. The topological polar surface area (TPSA) is 72.9 Å². The number of hydrogen-bond donors (Lipinski definition) is 2. The summed E-state index contributed by atoms with van der Waals surface area (Å²) in [5, 5.41) is 2.29. The molecule has 0 fully saturated rings. The molecule has 8 heteroatoms. The first-order chi connectivity index (χ1) is 8.13. The maximum atomic E-state index is 12.0. The summed E-state index contributed by atoms with van der Waals surface area (Å²) in [6.07, 6.45) is -1.38. The van der Waals surface area contributed by atoms with Crippen LogP contribution < -0.4 is 11.1 Å². The van der Waals surface area contributed by atoms with Crippen LogP contribution in [-0.2, 0) is 5.54 Å². The number of carbonyl (C=O) groups is 1. The first-order valence-electron chi connectivity index (χ1n) is 5.24. The smallest absolute Gasteiger partial charge is 0.363 e. The number of nitrogens with one attached hydrogen (secondary N) is 1. The summed E-state index contributed by atoms with van der Waals surface area (Å²) in [5.74, 6) is -0.697. The lowest BCUT2D eigenvalue weighted by Crippen LogP contribution is -2.43. The van der Waals surface area contributed by atoms with Crippen molar-refractivity contribution in [2.24, 2.45) is 5.73 Å². The monoisotopic (exact) mass is 264 g/mol. The van der Waals surface area contributed by atoms with E-state index in [1.807, 2.05) is 0 Å². The average molecular weight is 264 g/mol. The molecule has 0 atom stereocenters. The molecule has 0 saturated heterocycles. The van der Waals surface area contributed by atoms with E-state index in [1.165, 1.54) is 17.0 Å². The highest BCUT2D eigenvalue weighted by Crippen LogP contribution is 2.18. The number of nitrogens with two attached hydrogens (primary N) is 1. The number of primary amides is 1. The van der Waals surface area contributed by atoms with E-state index >= 15 is 0 Å². The lowest BCUT2D eigenvalue weighted by Gasteiger charge is -2.28. The van der Waals surface area contributed by atoms with E-state index in [4.69, 9.17) is 5.73 Å². The third kappa shape index (κ3) is 3.73. The minimum absolute atomic E-state index is 0.0220. The minimum Gasteiger partial charge on any atom is -0.363 e. The van der Waals surface area contributed by atoms with Crippen molar-refractivity contribution >= 4 is 5.91 Å². The molecule has 1 heterocycles. The first-order valence-corrected chi connectivity index (χ1v) is 5.24. The standard InChI is InChI=1S/C10H15F3N4O/c1-9(2,5-15-6-10(11,12)13)17-4-3-16-8(17)7(14)18/h3-4,15H,5-6H2,1-2H3,(H2,14,18). The van der Waals surface area contributed by atoms with E-state index in [1.54, 1.807) is 13.8 Å². The number of aromatic nitrogens is 2. The summed E-state index contributed by atoms with van der Waals surface area (Å²) in [6.45, 7) is 2.31. The van der Waals surface area contributed by atoms with Crippen LogP contribution in [0, 0.1) is 0 Å². The van der Waals surface area contributed by atoms with E-state index in [0.717, 1.165) is 0 Å². The molecule has 1 aromatic rings. The highest BCUT2D eigenvalue weighted by atomic mass is 19.4. The molecule has 0 radical (unpaired) electrons. The van der Waals surface area contributed by atoms with Crippen molar-refractivity contribution in [1.29, 1.82) is 0 Å². The Labute approximate surface area is 102 Å². The van der Waals surface area contributed by atoms with Crippen LogP contribution in [0.4, 0.5) is 13.2 Å². The van der Waals surface area contributed by atoms with Crippen LogP contribution >= 0.6 is 0 Å². The predicted octanol–water partition coefficient (Wildman–Crippen LogP) is 0.869. The number of hydrogen-bond acceptors (Lipinski definition) is 3. The van der Waals surface area contributed by atoms with E-state index in [2.05, 4.69) is 10.3 Å². The summed E-state index contributed by atoms with van der Waals surface area (Å²) in [6, 6.07) is 0. The molecule has 1 rings (SSSR count). The average Bonchev–Trinajstić information content (AvgIpc) is 2.63. The lowest BCUT2D eigenvalue weighted by molar-refractivity contribution is -0.125. The fourth-order valence-electron chi connectivity index (χ4n) is 1.57. The summed E-state index contributed by atoms with van der Waals surface area (Å²) in [7, 11) is 0. The minimum atomic E-state index is -4.27. The quantitative estimate of drug-likeness (QED) is 0.828. The highest BCUT2D eigenvalue weighted by molar-refractivity contribution is 5.89. The summed E-state index contributed by atoms with van der Waals surface area (Å²) >= 11 is 0. The van der Waals surface area contributed by atoms with Gasteiger partial charge in [-0.2, -0.15) is 13.2 Å². The van der Waals surface area contributed by atoms with E-state index in [9.17, 15) is 18.0 Å². The van der Waals surface area contributed by atoms with Gasteiger partial charge in [0.1, 0.15) is 0 Å². The molecule has 1 amide bonds. The van der Waals surface area contributed by atoms with Crippen LogP contribution in [0.25, 0.3) is 0 Å². The fourth-order valence-corrected chi connectivity index (χ4v) is 1.57.